The minimum Gasteiger partial charge on any atom is -0.508 e. The Hall–Kier alpha value is -3.53. The highest BCUT2D eigenvalue weighted by Gasteiger charge is 2.13. The van der Waals surface area contributed by atoms with Gasteiger partial charge >= 0.3 is 5.97 Å². The molecule has 0 heterocycles. The van der Waals surface area contributed by atoms with Gasteiger partial charge in [0.15, 0.2) is 0 Å². The molecular formula is C26H26O4. The van der Waals surface area contributed by atoms with E-state index in [4.69, 9.17) is 9.84 Å². The van der Waals surface area contributed by atoms with Crippen LogP contribution in [0.2, 0.25) is 0 Å². The van der Waals surface area contributed by atoms with Crippen molar-refractivity contribution in [1.82, 2.24) is 0 Å². The summed E-state index contributed by atoms with van der Waals surface area (Å²) in [4.78, 5) is 10.6. The summed E-state index contributed by atoms with van der Waals surface area (Å²) < 4.78 is 5.67. The monoisotopic (exact) mass is 402 g/mol. The van der Waals surface area contributed by atoms with Crippen LogP contribution in [0.4, 0.5) is 0 Å². The van der Waals surface area contributed by atoms with E-state index in [0.717, 1.165) is 28.7 Å². The zero-order valence-corrected chi connectivity index (χ0v) is 17.0. The van der Waals surface area contributed by atoms with Crippen molar-refractivity contribution >= 4 is 17.1 Å². The Balaban J connectivity index is 1.96. The maximum absolute atomic E-state index is 10.6. The maximum atomic E-state index is 10.6. The summed E-state index contributed by atoms with van der Waals surface area (Å²) in [5.74, 6) is 0.138. The van der Waals surface area contributed by atoms with Crippen LogP contribution < -0.4 is 4.74 Å². The minimum atomic E-state index is -0.814. The molecule has 0 radical (unpaired) electrons. The average molecular weight is 402 g/mol. The lowest BCUT2D eigenvalue weighted by Gasteiger charge is -2.17. The van der Waals surface area contributed by atoms with Crippen molar-refractivity contribution < 1.29 is 19.7 Å². The Morgan fingerprint density at radius 2 is 1.43 bits per heavy atom. The van der Waals surface area contributed by atoms with Crippen molar-refractivity contribution in [1.29, 1.82) is 0 Å². The fourth-order valence-electron chi connectivity index (χ4n) is 3.44. The lowest BCUT2D eigenvalue weighted by atomic mass is 9.88. The van der Waals surface area contributed by atoms with Gasteiger partial charge in [0.25, 0.3) is 0 Å². The fraction of sp³-hybridized carbons (Fsp3) is 0.192. The van der Waals surface area contributed by atoms with E-state index in [-0.39, 0.29) is 12.2 Å². The van der Waals surface area contributed by atoms with Gasteiger partial charge in [-0.25, -0.2) is 0 Å². The summed E-state index contributed by atoms with van der Waals surface area (Å²) in [6.45, 7) is 2.51. The Morgan fingerprint density at radius 1 is 0.833 bits per heavy atom. The number of ether oxygens (including phenoxy) is 1. The molecule has 3 rings (SSSR count). The van der Waals surface area contributed by atoms with Gasteiger partial charge in [-0.15, -0.1) is 0 Å². The molecule has 0 amide bonds. The van der Waals surface area contributed by atoms with Crippen molar-refractivity contribution in [2.75, 3.05) is 6.61 Å². The van der Waals surface area contributed by atoms with E-state index < -0.39 is 5.97 Å². The Labute approximate surface area is 177 Å². The van der Waals surface area contributed by atoms with Crippen LogP contribution >= 0.6 is 0 Å². The average Bonchev–Trinajstić information content (AvgIpc) is 2.77. The number of carboxylic acids is 1. The molecular weight excluding hydrogens is 376 g/mol. The van der Waals surface area contributed by atoms with Gasteiger partial charge in [0.1, 0.15) is 11.5 Å². The predicted molar refractivity (Wildman–Crippen MR) is 120 cm³/mol. The second kappa shape index (κ2) is 10.3. The van der Waals surface area contributed by atoms with Crippen LogP contribution in [0.25, 0.3) is 11.1 Å². The molecule has 0 unspecified atom stereocenters. The number of benzene rings is 3. The molecule has 0 spiro atoms. The molecule has 0 saturated carbocycles. The Morgan fingerprint density at radius 3 is 2.00 bits per heavy atom. The molecule has 0 aliphatic rings. The van der Waals surface area contributed by atoms with Crippen LogP contribution in [0.3, 0.4) is 0 Å². The van der Waals surface area contributed by atoms with Crippen LogP contribution in [-0.4, -0.2) is 22.8 Å². The molecule has 4 heteroatoms. The first-order valence-corrected chi connectivity index (χ1v) is 10.1. The third-order valence-electron chi connectivity index (χ3n) is 4.88. The number of aromatic hydroxyl groups is 1. The number of hydrogen-bond donors (Lipinski definition) is 2. The lowest BCUT2D eigenvalue weighted by molar-refractivity contribution is -0.137. The lowest BCUT2D eigenvalue weighted by Crippen LogP contribution is -2.02. The molecule has 0 aliphatic carbocycles. The van der Waals surface area contributed by atoms with Gasteiger partial charge in [-0.3, -0.25) is 4.79 Å². The summed E-state index contributed by atoms with van der Waals surface area (Å²) in [6.07, 6.45) is 1.43. The zero-order valence-electron chi connectivity index (χ0n) is 17.0. The molecule has 3 aromatic rings. The number of hydrogen-bond acceptors (Lipinski definition) is 3. The third kappa shape index (κ3) is 5.51. The topological polar surface area (TPSA) is 66.8 Å². The third-order valence-corrected chi connectivity index (χ3v) is 4.88. The second-order valence-corrected chi connectivity index (χ2v) is 6.99. The van der Waals surface area contributed by atoms with E-state index in [1.807, 2.05) is 54.6 Å². The van der Waals surface area contributed by atoms with Crippen molar-refractivity contribution in [3.8, 4) is 11.5 Å². The van der Waals surface area contributed by atoms with Gasteiger partial charge < -0.3 is 14.9 Å². The van der Waals surface area contributed by atoms with Crippen molar-refractivity contribution in [3.63, 3.8) is 0 Å². The molecule has 0 bridgehead atoms. The predicted octanol–water partition coefficient (Wildman–Crippen LogP) is 6.00. The zero-order chi connectivity index (χ0) is 21.3. The Bertz CT molecular complexity index is 987. The van der Waals surface area contributed by atoms with E-state index in [1.165, 1.54) is 5.57 Å². The first kappa shape index (κ1) is 21.2. The standard InChI is InChI=1S/C26H26O4/c1-2-24(19-7-4-3-5-8-19)26(20-10-14-22(27)15-11-20)21-12-16-23(17-13-21)30-18-6-9-25(28)29/h3-5,7-8,10-17,27H,2,6,9,18H2,1H3,(H,28,29). The number of aliphatic carboxylic acids is 1. The molecule has 154 valence electrons. The van der Waals surface area contributed by atoms with Crippen molar-refractivity contribution in [3.05, 3.63) is 95.6 Å². The highest BCUT2D eigenvalue weighted by Crippen LogP contribution is 2.35. The maximum Gasteiger partial charge on any atom is 0.303 e. The largest absolute Gasteiger partial charge is 0.508 e. The van der Waals surface area contributed by atoms with Crippen molar-refractivity contribution in [2.24, 2.45) is 0 Å². The smallest absolute Gasteiger partial charge is 0.303 e. The number of allylic oxidation sites excluding steroid dienone is 1. The molecule has 0 atom stereocenters. The van der Waals surface area contributed by atoms with E-state index in [2.05, 4.69) is 19.1 Å². The molecule has 0 aromatic heterocycles. The quantitative estimate of drug-likeness (QED) is 0.340. The van der Waals surface area contributed by atoms with E-state index in [9.17, 15) is 9.90 Å². The van der Waals surface area contributed by atoms with Crippen LogP contribution in [0.5, 0.6) is 11.5 Å². The summed E-state index contributed by atoms with van der Waals surface area (Å²) in [7, 11) is 0. The normalized spacial score (nSPS) is 11.6. The van der Waals surface area contributed by atoms with Crippen LogP contribution in [0.1, 0.15) is 42.9 Å². The molecule has 3 aromatic carbocycles. The van der Waals surface area contributed by atoms with E-state index in [0.29, 0.717) is 18.8 Å². The number of rotatable bonds is 9. The molecule has 0 saturated heterocycles. The summed E-state index contributed by atoms with van der Waals surface area (Å²) >= 11 is 0. The summed E-state index contributed by atoms with van der Waals surface area (Å²) in [5, 5.41) is 18.5. The fourth-order valence-corrected chi connectivity index (χ4v) is 3.44. The van der Waals surface area contributed by atoms with Gasteiger partial charge in [-0.1, -0.05) is 61.5 Å². The van der Waals surface area contributed by atoms with Crippen LogP contribution in [0.15, 0.2) is 78.9 Å². The van der Waals surface area contributed by atoms with Gasteiger partial charge in [0, 0.05) is 6.42 Å². The van der Waals surface area contributed by atoms with Gasteiger partial charge in [-0.05, 0) is 64.9 Å². The van der Waals surface area contributed by atoms with Crippen molar-refractivity contribution in [2.45, 2.75) is 26.2 Å². The molecule has 4 nitrogen and oxygen atoms in total. The number of carbonyl (C=O) groups is 1. The molecule has 0 fully saturated rings. The summed E-state index contributed by atoms with van der Waals surface area (Å²) in [6, 6.07) is 25.4. The summed E-state index contributed by atoms with van der Waals surface area (Å²) in [5.41, 5.74) is 5.58. The Kier molecular flexibility index (Phi) is 7.28. The van der Waals surface area contributed by atoms with Gasteiger partial charge in [0.05, 0.1) is 6.61 Å². The number of phenols is 1. The number of phenolic OH excluding ortho intramolecular Hbond substituents is 1. The van der Waals surface area contributed by atoms with Crippen LogP contribution in [-0.2, 0) is 4.79 Å². The SMILES string of the molecule is CCC(=C(c1ccc(O)cc1)c1ccc(OCCCC(=O)O)cc1)c1ccccc1. The molecule has 30 heavy (non-hydrogen) atoms. The molecule has 0 aliphatic heterocycles. The highest BCUT2D eigenvalue weighted by atomic mass is 16.5. The number of carboxylic acid groups (broad SMARTS) is 1. The minimum absolute atomic E-state index is 0.1000. The first-order valence-electron chi connectivity index (χ1n) is 10.1. The first-order chi connectivity index (χ1) is 14.6. The highest BCUT2D eigenvalue weighted by molar-refractivity contribution is 5.98. The molecule has 2 N–H and O–H groups in total. The van der Waals surface area contributed by atoms with E-state index in [1.54, 1.807) is 12.1 Å². The van der Waals surface area contributed by atoms with Crippen LogP contribution in [0, 0.1) is 0 Å². The van der Waals surface area contributed by atoms with Gasteiger partial charge in [0.2, 0.25) is 0 Å². The van der Waals surface area contributed by atoms with E-state index >= 15 is 0 Å². The second-order valence-electron chi connectivity index (χ2n) is 6.99. The van der Waals surface area contributed by atoms with Gasteiger partial charge in [-0.2, -0.15) is 0 Å².